The molecular formula is C10H13N5OS. The molecular weight excluding hydrogens is 238 g/mol. The largest absolute Gasteiger partial charge is 0.467 e. The van der Waals surface area contributed by atoms with Gasteiger partial charge in [0, 0.05) is 4.88 Å². The first-order valence-corrected chi connectivity index (χ1v) is 5.89. The number of nitrogens with one attached hydrogen (secondary N) is 1. The molecule has 2 aromatic heterocycles. The van der Waals surface area contributed by atoms with Crippen molar-refractivity contribution in [3.8, 4) is 6.01 Å². The van der Waals surface area contributed by atoms with Crippen molar-refractivity contribution in [2.24, 2.45) is 0 Å². The molecule has 90 valence electrons. The fourth-order valence-electron chi connectivity index (χ4n) is 1.29. The highest BCUT2D eigenvalue weighted by Crippen LogP contribution is 2.17. The molecule has 3 N–H and O–H groups in total. The van der Waals surface area contributed by atoms with Gasteiger partial charge in [0.2, 0.25) is 11.9 Å². The minimum atomic E-state index is 0.141. The molecule has 7 heteroatoms. The lowest BCUT2D eigenvalue weighted by atomic mass is 10.3. The summed E-state index contributed by atoms with van der Waals surface area (Å²) in [5, 5.41) is 5.14. The second kappa shape index (κ2) is 4.96. The summed E-state index contributed by atoms with van der Waals surface area (Å²) in [5.74, 6) is 0.560. The maximum atomic E-state index is 5.53. The monoisotopic (exact) mass is 251 g/mol. The van der Waals surface area contributed by atoms with Crippen molar-refractivity contribution >= 4 is 23.2 Å². The fourth-order valence-corrected chi connectivity index (χ4v) is 2.13. The number of hydrogen-bond acceptors (Lipinski definition) is 7. The van der Waals surface area contributed by atoms with E-state index < -0.39 is 0 Å². The summed E-state index contributed by atoms with van der Waals surface area (Å²) in [6, 6.07) is 2.28. The molecule has 0 saturated heterocycles. The third-order valence-corrected chi connectivity index (χ3v) is 3.21. The molecule has 0 spiro atoms. The summed E-state index contributed by atoms with van der Waals surface area (Å²) >= 11 is 1.69. The Labute approximate surface area is 103 Å². The number of nitrogens with two attached hydrogens (primary N) is 1. The van der Waals surface area contributed by atoms with E-state index in [1.807, 2.05) is 0 Å². The van der Waals surface area contributed by atoms with Crippen LogP contribution in [-0.4, -0.2) is 22.1 Å². The first kappa shape index (κ1) is 11.6. The van der Waals surface area contributed by atoms with Crippen molar-refractivity contribution in [2.45, 2.75) is 13.5 Å². The summed E-state index contributed by atoms with van der Waals surface area (Å²) in [6.45, 7) is 2.73. The van der Waals surface area contributed by atoms with Crippen molar-refractivity contribution in [1.82, 2.24) is 15.0 Å². The topological polar surface area (TPSA) is 86.0 Å². The second-order valence-electron chi connectivity index (χ2n) is 3.38. The Morgan fingerprint density at radius 3 is 2.88 bits per heavy atom. The number of rotatable bonds is 4. The van der Waals surface area contributed by atoms with Gasteiger partial charge >= 0.3 is 6.01 Å². The molecule has 0 saturated carbocycles. The van der Waals surface area contributed by atoms with Crippen LogP contribution in [0.25, 0.3) is 0 Å². The molecule has 6 nitrogen and oxygen atoms in total. The lowest BCUT2D eigenvalue weighted by Gasteiger charge is -2.05. The van der Waals surface area contributed by atoms with Gasteiger partial charge in [0.05, 0.1) is 13.7 Å². The number of ether oxygens (including phenoxy) is 1. The zero-order chi connectivity index (χ0) is 12.3. The fraction of sp³-hybridized carbons (Fsp3) is 0.300. The van der Waals surface area contributed by atoms with E-state index in [-0.39, 0.29) is 12.0 Å². The first-order chi connectivity index (χ1) is 8.19. The SMILES string of the molecule is COc1nc(N)nc(NCc2sccc2C)n1. The Bertz CT molecular complexity index is 513. The Morgan fingerprint density at radius 1 is 1.41 bits per heavy atom. The van der Waals surface area contributed by atoms with Crippen molar-refractivity contribution in [3.63, 3.8) is 0 Å². The molecule has 0 unspecified atom stereocenters. The van der Waals surface area contributed by atoms with E-state index in [9.17, 15) is 0 Å². The van der Waals surface area contributed by atoms with Crippen LogP contribution in [-0.2, 0) is 6.54 Å². The van der Waals surface area contributed by atoms with Gasteiger partial charge in [-0.25, -0.2) is 0 Å². The van der Waals surface area contributed by atoms with E-state index in [2.05, 4.69) is 38.6 Å². The summed E-state index contributed by atoms with van der Waals surface area (Å²) in [7, 11) is 1.49. The molecule has 0 aliphatic rings. The molecule has 2 heterocycles. The third-order valence-electron chi connectivity index (χ3n) is 2.19. The van der Waals surface area contributed by atoms with E-state index in [0.29, 0.717) is 12.5 Å². The van der Waals surface area contributed by atoms with Gasteiger partial charge in [-0.15, -0.1) is 11.3 Å². The average molecular weight is 251 g/mol. The summed E-state index contributed by atoms with van der Waals surface area (Å²) in [4.78, 5) is 13.1. The predicted octanol–water partition coefficient (Wildman–Crippen LogP) is 1.44. The van der Waals surface area contributed by atoms with Gasteiger partial charge in [0.15, 0.2) is 0 Å². The number of anilines is 2. The highest BCUT2D eigenvalue weighted by molar-refractivity contribution is 7.10. The first-order valence-electron chi connectivity index (χ1n) is 5.01. The number of nitrogens with zero attached hydrogens (tertiary/aromatic N) is 3. The Kier molecular flexibility index (Phi) is 3.38. The minimum Gasteiger partial charge on any atom is -0.467 e. The standard InChI is InChI=1S/C10H13N5OS/c1-6-3-4-17-7(6)5-12-9-13-8(11)14-10(15-9)16-2/h3-4H,5H2,1-2H3,(H3,11,12,13,14,15). The zero-order valence-electron chi connectivity index (χ0n) is 9.60. The second-order valence-corrected chi connectivity index (χ2v) is 4.38. The van der Waals surface area contributed by atoms with Crippen LogP contribution in [0.3, 0.4) is 0 Å². The average Bonchev–Trinajstić information content (AvgIpc) is 2.71. The lowest BCUT2D eigenvalue weighted by molar-refractivity contribution is 0.379. The van der Waals surface area contributed by atoms with E-state index in [0.717, 1.165) is 0 Å². The van der Waals surface area contributed by atoms with E-state index in [1.54, 1.807) is 11.3 Å². The molecule has 2 rings (SSSR count). The van der Waals surface area contributed by atoms with Gasteiger partial charge < -0.3 is 15.8 Å². The number of aromatic nitrogens is 3. The van der Waals surface area contributed by atoms with Crippen LogP contribution in [0.1, 0.15) is 10.4 Å². The van der Waals surface area contributed by atoms with Crippen molar-refractivity contribution < 1.29 is 4.74 Å². The van der Waals surface area contributed by atoms with E-state index >= 15 is 0 Å². The van der Waals surface area contributed by atoms with Crippen molar-refractivity contribution in [1.29, 1.82) is 0 Å². The van der Waals surface area contributed by atoms with Crippen LogP contribution in [0.5, 0.6) is 6.01 Å². The minimum absolute atomic E-state index is 0.141. The molecule has 0 aliphatic heterocycles. The molecule has 0 aromatic carbocycles. The number of nitrogen functional groups attached to an aromatic ring is 1. The number of methoxy groups -OCH3 is 1. The van der Waals surface area contributed by atoms with Crippen LogP contribution in [0.2, 0.25) is 0 Å². The molecule has 0 atom stereocenters. The maximum absolute atomic E-state index is 5.53. The molecule has 0 radical (unpaired) electrons. The van der Waals surface area contributed by atoms with Gasteiger partial charge in [-0.3, -0.25) is 0 Å². The number of thiophene rings is 1. The molecule has 2 aromatic rings. The third kappa shape index (κ3) is 2.82. The van der Waals surface area contributed by atoms with Crippen LogP contribution < -0.4 is 15.8 Å². The molecule has 17 heavy (non-hydrogen) atoms. The van der Waals surface area contributed by atoms with Crippen LogP contribution >= 0.6 is 11.3 Å². The molecule has 0 bridgehead atoms. The number of aryl methyl sites for hydroxylation is 1. The zero-order valence-corrected chi connectivity index (χ0v) is 10.4. The quantitative estimate of drug-likeness (QED) is 0.855. The van der Waals surface area contributed by atoms with Crippen LogP contribution in [0.15, 0.2) is 11.4 Å². The highest BCUT2D eigenvalue weighted by atomic mass is 32.1. The lowest BCUT2D eigenvalue weighted by Crippen LogP contribution is -2.08. The molecule has 0 amide bonds. The van der Waals surface area contributed by atoms with Crippen molar-refractivity contribution in [2.75, 3.05) is 18.2 Å². The summed E-state index contributed by atoms with van der Waals surface area (Å²) < 4.78 is 4.92. The summed E-state index contributed by atoms with van der Waals surface area (Å²) in [5.41, 5.74) is 6.78. The predicted molar refractivity (Wildman–Crippen MR) is 67.2 cm³/mol. The smallest absolute Gasteiger partial charge is 0.322 e. The van der Waals surface area contributed by atoms with E-state index in [4.69, 9.17) is 10.5 Å². The Balaban J connectivity index is 2.09. The Morgan fingerprint density at radius 2 is 2.24 bits per heavy atom. The Hall–Kier alpha value is -1.89. The van der Waals surface area contributed by atoms with Gasteiger partial charge in [0.25, 0.3) is 0 Å². The van der Waals surface area contributed by atoms with Crippen LogP contribution in [0.4, 0.5) is 11.9 Å². The normalized spacial score (nSPS) is 10.2. The van der Waals surface area contributed by atoms with Gasteiger partial charge in [-0.2, -0.15) is 15.0 Å². The van der Waals surface area contributed by atoms with Gasteiger partial charge in [-0.05, 0) is 23.9 Å². The summed E-state index contributed by atoms with van der Waals surface area (Å²) in [6.07, 6.45) is 0. The van der Waals surface area contributed by atoms with Gasteiger partial charge in [0.1, 0.15) is 0 Å². The van der Waals surface area contributed by atoms with E-state index in [1.165, 1.54) is 17.6 Å². The number of hydrogen-bond donors (Lipinski definition) is 2. The maximum Gasteiger partial charge on any atom is 0.322 e. The van der Waals surface area contributed by atoms with Gasteiger partial charge in [-0.1, -0.05) is 0 Å². The molecule has 0 aliphatic carbocycles. The van der Waals surface area contributed by atoms with Crippen LogP contribution in [0, 0.1) is 6.92 Å². The molecule has 0 fully saturated rings. The highest BCUT2D eigenvalue weighted by Gasteiger charge is 2.05. The van der Waals surface area contributed by atoms with Crippen molar-refractivity contribution in [3.05, 3.63) is 21.9 Å².